The standard InChI is InChI=1S/C21H25N5O3S.C20H20N4O/c1-21(2,26-30(3,28)29)15-9-10-18(17(11-15)14-7-5-4-6-8-14)25-20(27)19-23-13-16(12-22)24-19;1-13(2)15-8-9-18(17(10-15)14-6-4-3-5-7-14)24-20(25)19-22-12-16(11-21)23-19/h7,9-11,13,26H,4-6,8H2,1-3H3,(H,23,24)(H,25,27);6,8-10,12H,1,3-5,7H2,2H3,(H,22,23)(H,24,25). The number of nitrogens with one attached hydrogen (secondary N) is 5. The molecular formula is C41H45N9O4S. The Hall–Kier alpha value is -6.09. The number of aromatic amines is 2. The van der Waals surface area contributed by atoms with Gasteiger partial charge in [0.05, 0.1) is 24.2 Å². The second kappa shape index (κ2) is 17.4. The quantitative estimate of drug-likeness (QED) is 0.107. The molecule has 2 aromatic carbocycles. The van der Waals surface area contributed by atoms with Gasteiger partial charge < -0.3 is 20.6 Å². The van der Waals surface area contributed by atoms with E-state index >= 15 is 0 Å². The fourth-order valence-corrected chi connectivity index (χ4v) is 7.57. The number of nitriles is 2. The molecule has 2 aliphatic rings. The SMILES string of the molecule is C=C(C)c1ccc(NC(=O)c2ncc(C#N)[nH]2)c(C2=CCCCC2)c1.CC(C)(NS(C)(=O)=O)c1ccc(NC(=O)c2ncc(C#N)[nH]2)c(C2=CCCCC2)c1. The molecular weight excluding hydrogens is 715 g/mol. The van der Waals surface area contributed by atoms with Crippen molar-refractivity contribution in [2.75, 3.05) is 16.9 Å². The van der Waals surface area contributed by atoms with Gasteiger partial charge in [0, 0.05) is 22.5 Å². The monoisotopic (exact) mass is 759 g/mol. The van der Waals surface area contributed by atoms with E-state index in [9.17, 15) is 18.0 Å². The Bertz CT molecular complexity index is 2370. The zero-order valence-electron chi connectivity index (χ0n) is 31.5. The van der Waals surface area contributed by atoms with Crippen molar-refractivity contribution >= 4 is 49.9 Å². The number of nitrogens with zero attached hydrogens (tertiary/aromatic N) is 4. The molecule has 4 aromatic rings. The van der Waals surface area contributed by atoms with Crippen molar-refractivity contribution in [1.29, 1.82) is 10.5 Å². The van der Waals surface area contributed by atoms with Gasteiger partial charge in [-0.2, -0.15) is 10.5 Å². The summed E-state index contributed by atoms with van der Waals surface area (Å²) in [7, 11) is -3.41. The molecule has 5 N–H and O–H groups in total. The van der Waals surface area contributed by atoms with Gasteiger partial charge in [-0.25, -0.2) is 23.1 Å². The summed E-state index contributed by atoms with van der Waals surface area (Å²) >= 11 is 0. The molecule has 2 aromatic heterocycles. The molecule has 0 aliphatic heterocycles. The highest BCUT2D eigenvalue weighted by atomic mass is 32.2. The van der Waals surface area contributed by atoms with Gasteiger partial charge in [-0.15, -0.1) is 0 Å². The van der Waals surface area contributed by atoms with E-state index in [4.69, 9.17) is 10.5 Å². The smallest absolute Gasteiger partial charge is 0.291 e. The van der Waals surface area contributed by atoms with Crippen molar-refractivity contribution in [1.82, 2.24) is 24.7 Å². The number of imidazole rings is 2. The van der Waals surface area contributed by atoms with Gasteiger partial charge in [0.15, 0.2) is 11.6 Å². The molecule has 14 heteroatoms. The largest absolute Gasteiger partial charge is 0.326 e. The summed E-state index contributed by atoms with van der Waals surface area (Å²) in [6.45, 7) is 9.58. The number of anilines is 2. The molecule has 6 rings (SSSR count). The average molecular weight is 760 g/mol. The highest BCUT2D eigenvalue weighted by Gasteiger charge is 2.26. The molecule has 0 bridgehead atoms. The minimum absolute atomic E-state index is 0.0540. The van der Waals surface area contributed by atoms with Gasteiger partial charge in [-0.1, -0.05) is 36.4 Å². The second-order valence-electron chi connectivity index (χ2n) is 14.2. The molecule has 0 saturated carbocycles. The molecule has 284 valence electrons. The number of H-pyrrole nitrogens is 2. The van der Waals surface area contributed by atoms with E-state index in [1.807, 2.05) is 37.3 Å². The Morgan fingerprint density at radius 2 is 1.29 bits per heavy atom. The van der Waals surface area contributed by atoms with Gasteiger partial charge in [0.25, 0.3) is 11.8 Å². The van der Waals surface area contributed by atoms with Crippen molar-refractivity contribution in [2.45, 2.75) is 77.7 Å². The Morgan fingerprint density at radius 3 is 1.71 bits per heavy atom. The van der Waals surface area contributed by atoms with Gasteiger partial charge in [0.2, 0.25) is 10.0 Å². The minimum Gasteiger partial charge on any atom is -0.326 e. The molecule has 0 spiro atoms. The summed E-state index contributed by atoms with van der Waals surface area (Å²) in [5.74, 6) is -0.625. The third-order valence-corrected chi connectivity index (χ3v) is 10.2. The first-order valence-corrected chi connectivity index (χ1v) is 19.9. The van der Waals surface area contributed by atoms with E-state index in [1.165, 1.54) is 24.4 Å². The summed E-state index contributed by atoms with van der Waals surface area (Å²) in [6, 6.07) is 15.3. The summed E-state index contributed by atoms with van der Waals surface area (Å²) in [4.78, 5) is 38.3. The first-order valence-electron chi connectivity index (χ1n) is 18.0. The number of carbonyl (C=O) groups excluding carboxylic acids is 2. The Balaban J connectivity index is 0.000000214. The maximum absolute atomic E-state index is 12.6. The lowest BCUT2D eigenvalue weighted by molar-refractivity contribution is 0.101. The molecule has 2 amide bonds. The third-order valence-electron chi connectivity index (χ3n) is 9.29. The fourth-order valence-electron chi connectivity index (χ4n) is 6.53. The molecule has 55 heavy (non-hydrogen) atoms. The van der Waals surface area contributed by atoms with Crippen LogP contribution in [0.2, 0.25) is 0 Å². The van der Waals surface area contributed by atoms with Gasteiger partial charge >= 0.3 is 0 Å². The molecule has 0 unspecified atom stereocenters. The van der Waals surface area contributed by atoms with Crippen LogP contribution in [0, 0.1) is 22.7 Å². The van der Waals surface area contributed by atoms with Crippen LogP contribution in [-0.4, -0.2) is 46.4 Å². The van der Waals surface area contributed by atoms with E-state index in [-0.39, 0.29) is 28.9 Å². The molecule has 2 heterocycles. The predicted octanol–water partition coefficient (Wildman–Crippen LogP) is 7.80. The van der Waals surface area contributed by atoms with Crippen LogP contribution in [0.25, 0.3) is 16.7 Å². The van der Waals surface area contributed by atoms with Crippen molar-refractivity contribution < 1.29 is 18.0 Å². The average Bonchev–Trinajstić information content (AvgIpc) is 3.86. The molecule has 2 aliphatic carbocycles. The molecule has 13 nitrogen and oxygen atoms in total. The van der Waals surface area contributed by atoms with Crippen molar-refractivity contribution in [3.05, 3.63) is 113 Å². The number of benzene rings is 2. The normalized spacial score (nSPS) is 14.2. The number of rotatable bonds is 10. The van der Waals surface area contributed by atoms with Crippen LogP contribution in [0.1, 0.15) is 127 Å². The van der Waals surface area contributed by atoms with Crippen molar-refractivity contribution in [3.63, 3.8) is 0 Å². The summed E-state index contributed by atoms with van der Waals surface area (Å²) in [6.07, 6.45) is 16.6. The van der Waals surface area contributed by atoms with Crippen molar-refractivity contribution in [3.8, 4) is 12.1 Å². The van der Waals surface area contributed by atoms with Crippen LogP contribution in [0.5, 0.6) is 0 Å². The van der Waals surface area contributed by atoms with Crippen molar-refractivity contribution in [2.24, 2.45) is 0 Å². The van der Waals surface area contributed by atoms with Crippen LogP contribution in [-0.2, 0) is 15.6 Å². The minimum atomic E-state index is -3.41. The molecule has 0 fully saturated rings. The number of amides is 2. The van der Waals surface area contributed by atoms with E-state index in [2.05, 4.69) is 60.1 Å². The lowest BCUT2D eigenvalue weighted by Gasteiger charge is -2.27. The zero-order valence-corrected chi connectivity index (χ0v) is 32.3. The summed E-state index contributed by atoms with van der Waals surface area (Å²) < 4.78 is 26.2. The van der Waals surface area contributed by atoms with E-state index in [0.29, 0.717) is 5.69 Å². The zero-order chi connectivity index (χ0) is 39.8. The van der Waals surface area contributed by atoms with E-state index in [0.717, 1.165) is 90.3 Å². The topological polar surface area (TPSA) is 209 Å². The highest BCUT2D eigenvalue weighted by Crippen LogP contribution is 2.36. The van der Waals surface area contributed by atoms with Gasteiger partial charge in [-0.05, 0) is 119 Å². The first-order chi connectivity index (χ1) is 26.2. The lowest BCUT2D eigenvalue weighted by Crippen LogP contribution is -2.40. The summed E-state index contributed by atoms with van der Waals surface area (Å²) in [5, 5.41) is 23.5. The number of aromatic nitrogens is 4. The van der Waals surface area contributed by atoms with Gasteiger partial charge in [-0.3, -0.25) is 9.59 Å². The Kier molecular flexibility index (Phi) is 12.7. The highest BCUT2D eigenvalue weighted by molar-refractivity contribution is 7.88. The molecule has 0 saturated heterocycles. The predicted molar refractivity (Wildman–Crippen MR) is 214 cm³/mol. The lowest BCUT2D eigenvalue weighted by atomic mass is 9.87. The Labute approximate surface area is 321 Å². The summed E-state index contributed by atoms with van der Waals surface area (Å²) in [5.41, 5.74) is 8.10. The van der Waals surface area contributed by atoms with E-state index in [1.54, 1.807) is 26.0 Å². The second-order valence-corrected chi connectivity index (χ2v) is 15.9. The maximum Gasteiger partial charge on any atom is 0.291 e. The van der Waals surface area contributed by atoms with Crippen LogP contribution >= 0.6 is 0 Å². The van der Waals surface area contributed by atoms with Gasteiger partial charge in [0.1, 0.15) is 23.5 Å². The molecule has 0 radical (unpaired) electrons. The van der Waals surface area contributed by atoms with Crippen LogP contribution < -0.4 is 15.4 Å². The number of sulfonamides is 1. The Morgan fingerprint density at radius 1 is 0.800 bits per heavy atom. The number of allylic oxidation sites excluding steroid dienone is 5. The first kappa shape index (κ1) is 40.1. The number of carbonyl (C=O) groups is 2. The number of hydrogen-bond acceptors (Lipinski definition) is 8. The third kappa shape index (κ3) is 10.5. The van der Waals surface area contributed by atoms with Crippen LogP contribution in [0.4, 0.5) is 11.4 Å². The fraction of sp³-hybridized carbons (Fsp3) is 0.317. The van der Waals surface area contributed by atoms with Crippen LogP contribution in [0.3, 0.4) is 0 Å². The van der Waals surface area contributed by atoms with E-state index < -0.39 is 21.5 Å². The van der Waals surface area contributed by atoms with Crippen LogP contribution in [0.15, 0.2) is 67.5 Å². The molecule has 0 atom stereocenters. The maximum atomic E-state index is 12.6. The number of hydrogen-bond donors (Lipinski definition) is 5.